The minimum atomic E-state index is -0.647. The van der Waals surface area contributed by atoms with Gasteiger partial charge in [-0.2, -0.15) is 0 Å². The fourth-order valence-electron chi connectivity index (χ4n) is 1.48. The van der Waals surface area contributed by atoms with E-state index in [1.165, 1.54) is 12.1 Å². The molecule has 1 N–H and O–H groups in total. The van der Waals surface area contributed by atoms with E-state index < -0.39 is 11.7 Å². The van der Waals surface area contributed by atoms with Crippen LogP contribution in [0, 0.1) is 5.82 Å². The van der Waals surface area contributed by atoms with Gasteiger partial charge in [0.1, 0.15) is 0 Å². The Morgan fingerprint density at radius 3 is 2.42 bits per heavy atom. The Labute approximate surface area is 131 Å². The molecular weight excluding hydrogens is 400 g/mol. The first-order chi connectivity index (χ1) is 8.97. The molecule has 0 spiro atoms. The third-order valence-corrected chi connectivity index (χ3v) is 3.53. The van der Waals surface area contributed by atoms with Crippen LogP contribution in [0.1, 0.15) is 10.4 Å². The van der Waals surface area contributed by atoms with Crippen molar-refractivity contribution in [2.75, 3.05) is 5.32 Å². The zero-order valence-corrected chi connectivity index (χ0v) is 13.3. The van der Waals surface area contributed by atoms with Gasteiger partial charge in [0.25, 0.3) is 5.91 Å². The maximum absolute atomic E-state index is 13.7. The van der Waals surface area contributed by atoms with E-state index in [9.17, 15) is 9.18 Å². The highest BCUT2D eigenvalue weighted by Crippen LogP contribution is 2.24. The minimum Gasteiger partial charge on any atom is -0.319 e. The molecule has 0 aliphatic heterocycles. The quantitative estimate of drug-likeness (QED) is 0.723. The smallest absolute Gasteiger partial charge is 0.255 e. The second-order valence-electron chi connectivity index (χ2n) is 3.71. The largest absolute Gasteiger partial charge is 0.319 e. The lowest BCUT2D eigenvalue weighted by molar-refractivity contribution is 0.102. The van der Waals surface area contributed by atoms with Crippen LogP contribution in [0.5, 0.6) is 0 Å². The Kier molecular flexibility index (Phi) is 4.60. The molecular formula is C13H7Br2ClFNO. The Hall–Kier alpha value is -0.910. The van der Waals surface area contributed by atoms with Gasteiger partial charge in [0.15, 0.2) is 5.82 Å². The predicted molar refractivity (Wildman–Crippen MR) is 81.2 cm³/mol. The molecule has 1 amide bonds. The van der Waals surface area contributed by atoms with Crippen molar-refractivity contribution in [3.8, 4) is 0 Å². The molecule has 0 bridgehead atoms. The van der Waals surface area contributed by atoms with E-state index in [0.717, 1.165) is 8.95 Å². The summed E-state index contributed by atoms with van der Waals surface area (Å²) in [6.07, 6.45) is 0. The Bertz CT molecular complexity index is 628. The van der Waals surface area contributed by atoms with Gasteiger partial charge < -0.3 is 5.32 Å². The number of amides is 1. The number of carbonyl (C=O) groups is 1. The van der Waals surface area contributed by atoms with Crippen molar-refractivity contribution in [1.29, 1.82) is 0 Å². The van der Waals surface area contributed by atoms with Crippen molar-refractivity contribution < 1.29 is 9.18 Å². The Morgan fingerprint density at radius 1 is 1.16 bits per heavy atom. The molecule has 6 heteroatoms. The van der Waals surface area contributed by atoms with Gasteiger partial charge in [-0.1, -0.05) is 49.5 Å². The summed E-state index contributed by atoms with van der Waals surface area (Å²) in [6.45, 7) is 0. The monoisotopic (exact) mass is 405 g/mol. The van der Waals surface area contributed by atoms with Crippen LogP contribution in [0.25, 0.3) is 0 Å². The lowest BCUT2D eigenvalue weighted by atomic mass is 10.2. The molecule has 2 aromatic rings. The van der Waals surface area contributed by atoms with Crippen molar-refractivity contribution in [1.82, 2.24) is 0 Å². The number of nitrogens with one attached hydrogen (secondary N) is 1. The SMILES string of the molecule is O=C(Nc1cccc(Cl)c1F)c1cc(Br)cc(Br)c1. The highest BCUT2D eigenvalue weighted by atomic mass is 79.9. The van der Waals surface area contributed by atoms with Gasteiger partial charge in [-0.05, 0) is 30.3 Å². The fourth-order valence-corrected chi connectivity index (χ4v) is 2.95. The van der Waals surface area contributed by atoms with Crippen molar-refractivity contribution in [3.63, 3.8) is 0 Å². The number of hydrogen-bond donors (Lipinski definition) is 1. The standard InChI is InChI=1S/C13H7Br2ClFNO/c14-8-4-7(5-9(15)6-8)13(19)18-11-3-1-2-10(16)12(11)17/h1-6H,(H,18,19). The topological polar surface area (TPSA) is 29.1 Å². The summed E-state index contributed by atoms with van der Waals surface area (Å²) in [6, 6.07) is 9.52. The summed E-state index contributed by atoms with van der Waals surface area (Å²) in [5.41, 5.74) is 0.453. The maximum Gasteiger partial charge on any atom is 0.255 e. The number of carbonyl (C=O) groups excluding carboxylic acids is 1. The van der Waals surface area contributed by atoms with Crippen LogP contribution in [-0.4, -0.2) is 5.91 Å². The van der Waals surface area contributed by atoms with Crippen LogP contribution in [0.3, 0.4) is 0 Å². The molecule has 19 heavy (non-hydrogen) atoms. The Balaban J connectivity index is 2.28. The van der Waals surface area contributed by atoms with E-state index >= 15 is 0 Å². The van der Waals surface area contributed by atoms with Crippen LogP contribution in [0.4, 0.5) is 10.1 Å². The molecule has 0 aromatic heterocycles. The van der Waals surface area contributed by atoms with E-state index in [4.69, 9.17) is 11.6 Å². The highest BCUT2D eigenvalue weighted by molar-refractivity contribution is 9.11. The van der Waals surface area contributed by atoms with Crippen LogP contribution < -0.4 is 5.32 Å². The molecule has 0 saturated carbocycles. The van der Waals surface area contributed by atoms with Crippen LogP contribution in [-0.2, 0) is 0 Å². The third kappa shape index (κ3) is 3.55. The van der Waals surface area contributed by atoms with Gasteiger partial charge in [0.2, 0.25) is 0 Å². The lowest BCUT2D eigenvalue weighted by Crippen LogP contribution is -2.13. The molecule has 2 rings (SSSR count). The van der Waals surface area contributed by atoms with Crippen molar-refractivity contribution >= 4 is 55.1 Å². The van der Waals surface area contributed by atoms with Crippen molar-refractivity contribution in [2.24, 2.45) is 0 Å². The highest BCUT2D eigenvalue weighted by Gasteiger charge is 2.12. The van der Waals surface area contributed by atoms with Crippen LogP contribution >= 0.6 is 43.5 Å². The fraction of sp³-hybridized carbons (Fsp3) is 0. The first-order valence-corrected chi connectivity index (χ1v) is 7.15. The number of anilines is 1. The zero-order valence-electron chi connectivity index (χ0n) is 9.38. The van der Waals surface area contributed by atoms with Gasteiger partial charge in [0.05, 0.1) is 10.7 Å². The van der Waals surface area contributed by atoms with Gasteiger partial charge in [-0.25, -0.2) is 4.39 Å². The molecule has 0 saturated heterocycles. The molecule has 0 aliphatic rings. The first-order valence-electron chi connectivity index (χ1n) is 5.19. The number of rotatable bonds is 2. The van der Waals surface area contributed by atoms with E-state index in [1.54, 1.807) is 24.3 Å². The van der Waals surface area contributed by atoms with Crippen LogP contribution in [0.2, 0.25) is 5.02 Å². The molecule has 0 heterocycles. The van der Waals surface area contributed by atoms with E-state index in [1.807, 2.05) is 0 Å². The average molecular weight is 407 g/mol. The average Bonchev–Trinajstić information content (AvgIpc) is 2.33. The summed E-state index contributed by atoms with van der Waals surface area (Å²) in [5.74, 6) is -1.06. The molecule has 0 fully saturated rings. The summed E-state index contributed by atoms with van der Waals surface area (Å²) in [5, 5.41) is 2.45. The third-order valence-electron chi connectivity index (χ3n) is 2.32. The van der Waals surface area contributed by atoms with Crippen LogP contribution in [0.15, 0.2) is 45.3 Å². The second kappa shape index (κ2) is 6.03. The molecule has 0 radical (unpaired) electrons. The number of halogens is 4. The molecule has 98 valence electrons. The lowest BCUT2D eigenvalue weighted by Gasteiger charge is -2.08. The van der Waals surface area contributed by atoms with E-state index in [0.29, 0.717) is 5.56 Å². The minimum absolute atomic E-state index is 0.0341. The first kappa shape index (κ1) is 14.5. The summed E-state index contributed by atoms with van der Waals surface area (Å²) in [7, 11) is 0. The second-order valence-corrected chi connectivity index (χ2v) is 5.95. The summed E-state index contributed by atoms with van der Waals surface area (Å²) < 4.78 is 15.2. The Morgan fingerprint density at radius 2 is 1.79 bits per heavy atom. The zero-order chi connectivity index (χ0) is 14.0. The number of benzene rings is 2. The normalized spacial score (nSPS) is 10.3. The van der Waals surface area contributed by atoms with Crippen molar-refractivity contribution in [2.45, 2.75) is 0 Å². The molecule has 0 atom stereocenters. The molecule has 2 nitrogen and oxygen atoms in total. The van der Waals surface area contributed by atoms with Crippen molar-refractivity contribution in [3.05, 3.63) is 61.7 Å². The molecule has 0 aliphatic carbocycles. The summed E-state index contributed by atoms with van der Waals surface area (Å²) >= 11 is 12.2. The number of hydrogen-bond acceptors (Lipinski definition) is 1. The van der Waals surface area contributed by atoms with E-state index in [2.05, 4.69) is 37.2 Å². The molecule has 2 aromatic carbocycles. The van der Waals surface area contributed by atoms with E-state index in [-0.39, 0.29) is 10.7 Å². The van der Waals surface area contributed by atoms with Gasteiger partial charge in [0, 0.05) is 14.5 Å². The summed E-state index contributed by atoms with van der Waals surface area (Å²) in [4.78, 5) is 12.0. The maximum atomic E-state index is 13.7. The molecule has 0 unspecified atom stereocenters. The predicted octanol–water partition coefficient (Wildman–Crippen LogP) is 5.26. The van der Waals surface area contributed by atoms with Gasteiger partial charge >= 0.3 is 0 Å². The van der Waals surface area contributed by atoms with Gasteiger partial charge in [-0.15, -0.1) is 0 Å². The van der Waals surface area contributed by atoms with Gasteiger partial charge in [-0.3, -0.25) is 4.79 Å².